The van der Waals surface area contributed by atoms with Gasteiger partial charge < -0.3 is 9.88 Å². The molecule has 1 aromatic heterocycles. The lowest BCUT2D eigenvalue weighted by molar-refractivity contribution is -0.126. The second-order valence-corrected chi connectivity index (χ2v) is 7.51. The van der Waals surface area contributed by atoms with E-state index < -0.39 is 17.9 Å². The molecule has 0 aliphatic carbocycles. The topological polar surface area (TPSA) is 84.3 Å². The highest BCUT2D eigenvalue weighted by atomic mass is 16.2. The number of amides is 3. The van der Waals surface area contributed by atoms with Gasteiger partial charge >= 0.3 is 0 Å². The number of carbonyl (C=O) groups is 3. The second-order valence-electron chi connectivity index (χ2n) is 7.51. The Hall–Kier alpha value is -3.48. The van der Waals surface area contributed by atoms with Crippen molar-refractivity contribution in [3.05, 3.63) is 65.5 Å². The van der Waals surface area contributed by atoms with Crippen LogP contribution in [-0.4, -0.2) is 38.2 Å². The van der Waals surface area contributed by atoms with Crippen molar-refractivity contribution >= 4 is 28.8 Å². The van der Waals surface area contributed by atoms with Gasteiger partial charge in [0.15, 0.2) is 0 Å². The van der Waals surface area contributed by atoms with E-state index in [2.05, 4.69) is 10.3 Å². The Morgan fingerprint density at radius 1 is 1.00 bits per heavy atom. The van der Waals surface area contributed by atoms with Crippen molar-refractivity contribution in [2.75, 3.05) is 0 Å². The molecule has 7 nitrogen and oxygen atoms in total. The molecule has 0 fully saturated rings. The molecule has 1 aliphatic heterocycles. The quantitative estimate of drug-likeness (QED) is 0.679. The third kappa shape index (κ3) is 3.08. The van der Waals surface area contributed by atoms with Gasteiger partial charge in [-0.05, 0) is 30.2 Å². The van der Waals surface area contributed by atoms with Crippen LogP contribution in [0.15, 0.2) is 48.5 Å². The molecule has 7 heteroatoms. The zero-order valence-corrected chi connectivity index (χ0v) is 16.5. The molecular weight excluding hydrogens is 368 g/mol. The van der Waals surface area contributed by atoms with Crippen molar-refractivity contribution in [3.8, 4) is 0 Å². The molecule has 1 aliphatic rings. The minimum atomic E-state index is -0.892. The first-order valence-electron chi connectivity index (χ1n) is 9.55. The van der Waals surface area contributed by atoms with E-state index in [0.717, 1.165) is 15.9 Å². The van der Waals surface area contributed by atoms with Crippen molar-refractivity contribution in [1.29, 1.82) is 0 Å². The number of carbonyl (C=O) groups excluding carboxylic acids is 3. The van der Waals surface area contributed by atoms with Gasteiger partial charge in [-0.1, -0.05) is 38.1 Å². The van der Waals surface area contributed by atoms with Crippen LogP contribution in [0.4, 0.5) is 0 Å². The fourth-order valence-electron chi connectivity index (χ4n) is 3.80. The molecule has 0 saturated carbocycles. The zero-order valence-electron chi connectivity index (χ0n) is 16.5. The van der Waals surface area contributed by atoms with Crippen LogP contribution in [0, 0.1) is 5.92 Å². The van der Waals surface area contributed by atoms with Crippen LogP contribution in [0.2, 0.25) is 0 Å². The smallest absolute Gasteiger partial charge is 0.262 e. The van der Waals surface area contributed by atoms with Gasteiger partial charge in [0.25, 0.3) is 11.8 Å². The second kappa shape index (κ2) is 7.16. The summed E-state index contributed by atoms with van der Waals surface area (Å²) in [6, 6.07) is 13.5. The normalized spacial score (nSPS) is 14.6. The summed E-state index contributed by atoms with van der Waals surface area (Å²) in [6.07, 6.45) is 0. The van der Waals surface area contributed by atoms with Gasteiger partial charge in [-0.15, -0.1) is 0 Å². The van der Waals surface area contributed by atoms with Crippen molar-refractivity contribution in [3.63, 3.8) is 0 Å². The minimum Gasteiger partial charge on any atom is -0.347 e. The van der Waals surface area contributed by atoms with Crippen molar-refractivity contribution in [2.45, 2.75) is 26.4 Å². The van der Waals surface area contributed by atoms with Gasteiger partial charge in [0.2, 0.25) is 5.91 Å². The third-order valence-corrected chi connectivity index (χ3v) is 5.30. The average Bonchev–Trinajstić information content (AvgIpc) is 3.16. The molecule has 3 amide bonds. The van der Waals surface area contributed by atoms with Crippen LogP contribution in [0.25, 0.3) is 11.0 Å². The highest BCUT2D eigenvalue weighted by Gasteiger charge is 2.43. The Kier molecular flexibility index (Phi) is 4.66. The van der Waals surface area contributed by atoms with Crippen LogP contribution in [0.1, 0.15) is 40.4 Å². The maximum atomic E-state index is 13.0. The summed E-state index contributed by atoms with van der Waals surface area (Å²) in [7, 11) is 1.89. The molecule has 148 valence electrons. The predicted octanol–water partition coefficient (Wildman–Crippen LogP) is 2.51. The number of aryl methyl sites for hydroxylation is 1. The lowest BCUT2D eigenvalue weighted by Gasteiger charge is -2.28. The number of nitrogens with one attached hydrogen (secondary N) is 1. The summed E-state index contributed by atoms with van der Waals surface area (Å²) in [5.41, 5.74) is 2.50. The molecular formula is C22H22N4O3. The van der Waals surface area contributed by atoms with Gasteiger partial charge in [0.1, 0.15) is 11.9 Å². The molecule has 0 spiro atoms. The molecule has 1 atom stereocenters. The van der Waals surface area contributed by atoms with E-state index in [9.17, 15) is 14.4 Å². The standard InChI is InChI=1S/C22H22N4O3/c1-13(2)19(26-21(28)14-8-4-5-9-15(14)22(26)29)20(27)23-12-18-24-16-10-6-7-11-17(16)25(18)3/h4-11,13,19H,12H2,1-3H3,(H,23,27). The predicted molar refractivity (Wildman–Crippen MR) is 108 cm³/mol. The van der Waals surface area contributed by atoms with Crippen LogP contribution in [0.3, 0.4) is 0 Å². The first kappa shape index (κ1) is 18.9. The Morgan fingerprint density at radius 2 is 1.59 bits per heavy atom. The van der Waals surface area contributed by atoms with E-state index in [1.807, 2.05) is 49.7 Å². The molecule has 3 aromatic rings. The van der Waals surface area contributed by atoms with E-state index >= 15 is 0 Å². The maximum Gasteiger partial charge on any atom is 0.262 e. The monoisotopic (exact) mass is 390 g/mol. The lowest BCUT2D eigenvalue weighted by Crippen LogP contribution is -2.52. The number of imide groups is 1. The number of rotatable bonds is 5. The maximum absolute atomic E-state index is 13.0. The van der Waals surface area contributed by atoms with Crippen LogP contribution < -0.4 is 5.32 Å². The molecule has 29 heavy (non-hydrogen) atoms. The molecule has 2 heterocycles. The van der Waals surface area contributed by atoms with Crippen molar-refractivity contribution in [2.24, 2.45) is 13.0 Å². The first-order chi connectivity index (χ1) is 13.9. The number of fused-ring (bicyclic) bond motifs is 2. The summed E-state index contributed by atoms with van der Waals surface area (Å²) in [6.45, 7) is 3.85. The average molecular weight is 390 g/mol. The summed E-state index contributed by atoms with van der Waals surface area (Å²) in [4.78, 5) is 44.3. The van der Waals surface area contributed by atoms with Gasteiger partial charge in [-0.25, -0.2) is 4.98 Å². The molecule has 0 saturated heterocycles. The molecule has 1 N–H and O–H groups in total. The summed E-state index contributed by atoms with van der Waals surface area (Å²) < 4.78 is 1.92. The van der Waals surface area contributed by atoms with E-state index in [1.54, 1.807) is 24.3 Å². The highest BCUT2D eigenvalue weighted by molar-refractivity contribution is 6.22. The fourth-order valence-corrected chi connectivity index (χ4v) is 3.80. The minimum absolute atomic E-state index is 0.205. The van der Waals surface area contributed by atoms with E-state index in [1.165, 1.54) is 0 Å². The summed E-state index contributed by atoms with van der Waals surface area (Å²) >= 11 is 0. The number of imidazole rings is 1. The Morgan fingerprint density at radius 3 is 2.17 bits per heavy atom. The summed E-state index contributed by atoms with van der Waals surface area (Å²) in [5, 5.41) is 2.86. The van der Waals surface area contributed by atoms with E-state index in [0.29, 0.717) is 17.0 Å². The van der Waals surface area contributed by atoms with E-state index in [4.69, 9.17) is 0 Å². The van der Waals surface area contributed by atoms with Crippen molar-refractivity contribution in [1.82, 2.24) is 19.8 Å². The van der Waals surface area contributed by atoms with Crippen LogP contribution in [0.5, 0.6) is 0 Å². The number of hydrogen-bond acceptors (Lipinski definition) is 4. The number of hydrogen-bond donors (Lipinski definition) is 1. The molecule has 0 radical (unpaired) electrons. The largest absolute Gasteiger partial charge is 0.347 e. The number of aromatic nitrogens is 2. The van der Waals surface area contributed by atoms with E-state index in [-0.39, 0.29) is 18.4 Å². The Balaban J connectivity index is 1.56. The SMILES string of the molecule is CC(C)C(C(=O)NCc1nc2ccccc2n1C)N1C(=O)c2ccccc2C1=O. The highest BCUT2D eigenvalue weighted by Crippen LogP contribution is 2.27. The molecule has 4 rings (SSSR count). The Labute approximate surface area is 168 Å². The van der Waals surface area contributed by atoms with Gasteiger partial charge in [0.05, 0.1) is 28.7 Å². The van der Waals surface area contributed by atoms with Gasteiger partial charge in [-0.2, -0.15) is 0 Å². The molecule has 1 unspecified atom stereocenters. The van der Waals surface area contributed by atoms with Gasteiger partial charge in [-0.3, -0.25) is 19.3 Å². The number of para-hydroxylation sites is 2. The van der Waals surface area contributed by atoms with Crippen LogP contribution >= 0.6 is 0 Å². The van der Waals surface area contributed by atoms with Crippen LogP contribution in [-0.2, 0) is 18.4 Å². The fraction of sp³-hybridized carbons (Fsp3) is 0.273. The van der Waals surface area contributed by atoms with Gasteiger partial charge in [0, 0.05) is 7.05 Å². The lowest BCUT2D eigenvalue weighted by atomic mass is 10.0. The molecule has 0 bridgehead atoms. The Bertz CT molecular complexity index is 1100. The molecule has 2 aromatic carbocycles. The zero-order chi connectivity index (χ0) is 20.7. The first-order valence-corrected chi connectivity index (χ1v) is 9.55. The summed E-state index contributed by atoms with van der Waals surface area (Å²) in [5.74, 6) is -0.770. The number of nitrogens with zero attached hydrogens (tertiary/aromatic N) is 3. The number of benzene rings is 2. The van der Waals surface area contributed by atoms with Crippen molar-refractivity contribution < 1.29 is 14.4 Å². The third-order valence-electron chi connectivity index (χ3n) is 5.30.